The SMILES string of the molecule is Cc1ccc(-c2ccc(/C=N\NC(=O)[C@H](CC(C)C)NC(=O)COc3c(C)cccc3C)o2)cc1[N+](=O)[O-]. The standard InChI is InChI=1S/C28H32N4O6/c1-17(2)13-23(30-26(33)16-37-27-19(4)7-6-8-20(27)5)28(34)31-29-15-22-11-12-25(38-22)21-10-9-18(3)24(14-21)32(35)36/h6-12,14-15,17,23H,13,16H2,1-5H3,(H,30,33)(H,31,34)/b29-15-/t23-/m0/s1. The van der Waals surface area contributed by atoms with Gasteiger partial charge in [-0.25, -0.2) is 5.43 Å². The quantitative estimate of drug-likeness (QED) is 0.211. The summed E-state index contributed by atoms with van der Waals surface area (Å²) in [6.07, 6.45) is 1.73. The molecule has 0 spiro atoms. The van der Waals surface area contributed by atoms with Gasteiger partial charge in [0.25, 0.3) is 17.5 Å². The van der Waals surface area contributed by atoms with Crippen LogP contribution < -0.4 is 15.5 Å². The predicted octanol–water partition coefficient (Wildman–Crippen LogP) is 4.84. The Morgan fingerprint density at radius 2 is 1.79 bits per heavy atom. The van der Waals surface area contributed by atoms with Gasteiger partial charge in [-0.1, -0.05) is 44.2 Å². The van der Waals surface area contributed by atoms with Crippen molar-refractivity contribution in [3.05, 3.63) is 81.1 Å². The third kappa shape index (κ3) is 7.52. The summed E-state index contributed by atoms with van der Waals surface area (Å²) in [6.45, 7) is 9.15. The lowest BCUT2D eigenvalue weighted by Crippen LogP contribution is -2.47. The fraction of sp³-hybridized carbons (Fsp3) is 0.321. The van der Waals surface area contributed by atoms with Gasteiger partial charge in [0.2, 0.25) is 0 Å². The van der Waals surface area contributed by atoms with Gasteiger partial charge in [0, 0.05) is 17.2 Å². The first kappa shape index (κ1) is 28.1. The highest BCUT2D eigenvalue weighted by molar-refractivity contribution is 5.89. The minimum Gasteiger partial charge on any atom is -0.483 e. The molecule has 0 aliphatic heterocycles. The smallest absolute Gasteiger partial charge is 0.273 e. The molecule has 2 amide bonds. The van der Waals surface area contributed by atoms with Gasteiger partial charge in [0.1, 0.15) is 23.3 Å². The molecule has 3 rings (SSSR count). The van der Waals surface area contributed by atoms with Crippen molar-refractivity contribution in [2.75, 3.05) is 6.61 Å². The van der Waals surface area contributed by atoms with Crippen molar-refractivity contribution in [1.29, 1.82) is 0 Å². The Morgan fingerprint density at radius 3 is 2.45 bits per heavy atom. The number of rotatable bonds is 11. The number of hydrogen-bond acceptors (Lipinski definition) is 7. The summed E-state index contributed by atoms with van der Waals surface area (Å²) in [5, 5.41) is 17.9. The van der Waals surface area contributed by atoms with Crippen molar-refractivity contribution in [1.82, 2.24) is 10.7 Å². The van der Waals surface area contributed by atoms with Gasteiger partial charge in [-0.05, 0) is 56.4 Å². The number of aryl methyl sites for hydroxylation is 3. The number of hydrogen-bond donors (Lipinski definition) is 2. The number of nitro groups is 1. The summed E-state index contributed by atoms with van der Waals surface area (Å²) in [5.41, 5.74) is 5.38. The van der Waals surface area contributed by atoms with Crippen molar-refractivity contribution in [3.8, 4) is 17.1 Å². The molecule has 0 fully saturated rings. The zero-order chi connectivity index (χ0) is 27.8. The highest BCUT2D eigenvalue weighted by atomic mass is 16.6. The molecule has 0 saturated carbocycles. The normalized spacial score (nSPS) is 11.9. The fourth-order valence-electron chi connectivity index (χ4n) is 3.88. The van der Waals surface area contributed by atoms with Crippen LogP contribution in [0, 0.1) is 36.8 Å². The Morgan fingerprint density at radius 1 is 1.08 bits per heavy atom. The lowest BCUT2D eigenvalue weighted by Gasteiger charge is -2.19. The highest BCUT2D eigenvalue weighted by Crippen LogP contribution is 2.28. The van der Waals surface area contributed by atoms with Crippen LogP contribution in [0.3, 0.4) is 0 Å². The average molecular weight is 521 g/mol. The highest BCUT2D eigenvalue weighted by Gasteiger charge is 2.22. The monoisotopic (exact) mass is 520 g/mol. The second kappa shape index (κ2) is 12.7. The molecule has 10 nitrogen and oxygen atoms in total. The molecule has 1 atom stereocenters. The van der Waals surface area contributed by atoms with Gasteiger partial charge in [-0.15, -0.1) is 0 Å². The molecule has 0 bridgehead atoms. The first-order chi connectivity index (χ1) is 18.0. The molecule has 1 aromatic heterocycles. The Hall–Kier alpha value is -4.47. The van der Waals surface area contributed by atoms with E-state index in [9.17, 15) is 19.7 Å². The Balaban J connectivity index is 1.60. The molecular formula is C28H32N4O6. The van der Waals surface area contributed by atoms with Crippen LogP contribution in [0.25, 0.3) is 11.3 Å². The molecule has 200 valence electrons. The summed E-state index contributed by atoms with van der Waals surface area (Å²) in [5.74, 6) is 0.664. The first-order valence-electron chi connectivity index (χ1n) is 12.2. The molecule has 0 aliphatic carbocycles. The number of carbonyl (C=O) groups is 2. The zero-order valence-corrected chi connectivity index (χ0v) is 22.1. The lowest BCUT2D eigenvalue weighted by atomic mass is 10.0. The van der Waals surface area contributed by atoms with Gasteiger partial charge in [0.15, 0.2) is 6.61 Å². The van der Waals surface area contributed by atoms with Crippen molar-refractivity contribution < 1.29 is 23.7 Å². The molecular weight excluding hydrogens is 488 g/mol. The number of amides is 2. The van der Waals surface area contributed by atoms with Crippen LogP contribution >= 0.6 is 0 Å². The molecule has 2 aromatic carbocycles. The van der Waals surface area contributed by atoms with Crippen LogP contribution in [-0.4, -0.2) is 35.6 Å². The number of nitrogens with zero attached hydrogens (tertiary/aromatic N) is 2. The van der Waals surface area contributed by atoms with E-state index in [1.807, 2.05) is 45.9 Å². The van der Waals surface area contributed by atoms with E-state index in [0.717, 1.165) is 11.1 Å². The van der Waals surface area contributed by atoms with E-state index in [4.69, 9.17) is 9.15 Å². The summed E-state index contributed by atoms with van der Waals surface area (Å²) < 4.78 is 11.4. The predicted molar refractivity (Wildman–Crippen MR) is 144 cm³/mol. The topological polar surface area (TPSA) is 136 Å². The van der Waals surface area contributed by atoms with E-state index in [1.54, 1.807) is 31.2 Å². The number of carbonyl (C=O) groups excluding carboxylic acids is 2. The van der Waals surface area contributed by atoms with E-state index < -0.39 is 22.8 Å². The van der Waals surface area contributed by atoms with E-state index >= 15 is 0 Å². The van der Waals surface area contributed by atoms with Crippen molar-refractivity contribution in [3.63, 3.8) is 0 Å². The largest absolute Gasteiger partial charge is 0.483 e. The van der Waals surface area contributed by atoms with Crippen LogP contribution in [-0.2, 0) is 9.59 Å². The van der Waals surface area contributed by atoms with Gasteiger partial charge in [0.05, 0.1) is 11.1 Å². The van der Waals surface area contributed by atoms with Crippen molar-refractivity contribution >= 4 is 23.7 Å². The Bertz CT molecular complexity index is 1320. The van der Waals surface area contributed by atoms with Crippen molar-refractivity contribution in [2.45, 2.75) is 47.1 Å². The maximum Gasteiger partial charge on any atom is 0.273 e. The molecule has 0 aliphatic rings. The Kier molecular flexibility index (Phi) is 9.37. The van der Waals surface area contributed by atoms with E-state index in [2.05, 4.69) is 15.8 Å². The zero-order valence-electron chi connectivity index (χ0n) is 22.1. The fourth-order valence-corrected chi connectivity index (χ4v) is 3.88. The van der Waals surface area contributed by atoms with Crippen LogP contribution in [0.2, 0.25) is 0 Å². The molecule has 3 aromatic rings. The van der Waals surface area contributed by atoms with Crippen molar-refractivity contribution in [2.24, 2.45) is 11.0 Å². The summed E-state index contributed by atoms with van der Waals surface area (Å²) in [4.78, 5) is 36.1. The summed E-state index contributed by atoms with van der Waals surface area (Å²) >= 11 is 0. The minimum absolute atomic E-state index is 0.000871. The maximum atomic E-state index is 12.8. The molecule has 0 unspecified atom stereocenters. The van der Waals surface area contributed by atoms with Gasteiger partial charge in [-0.3, -0.25) is 19.7 Å². The third-order valence-corrected chi connectivity index (χ3v) is 5.80. The van der Waals surface area contributed by atoms with E-state index in [0.29, 0.717) is 34.8 Å². The number of nitrogens with one attached hydrogen (secondary N) is 2. The first-order valence-corrected chi connectivity index (χ1v) is 12.2. The van der Waals surface area contributed by atoms with Crippen LogP contribution in [0.5, 0.6) is 5.75 Å². The van der Waals surface area contributed by atoms with E-state index in [-0.39, 0.29) is 18.2 Å². The summed E-state index contributed by atoms with van der Waals surface area (Å²) in [7, 11) is 0. The minimum atomic E-state index is -0.804. The van der Waals surface area contributed by atoms with Crippen LogP contribution in [0.1, 0.15) is 42.7 Å². The van der Waals surface area contributed by atoms with Gasteiger partial charge < -0.3 is 14.5 Å². The molecule has 38 heavy (non-hydrogen) atoms. The molecule has 0 saturated heterocycles. The van der Waals surface area contributed by atoms with Gasteiger partial charge >= 0.3 is 0 Å². The van der Waals surface area contributed by atoms with Gasteiger partial charge in [-0.2, -0.15) is 5.10 Å². The van der Waals surface area contributed by atoms with Crippen LogP contribution in [0.15, 0.2) is 58.0 Å². The number of para-hydroxylation sites is 1. The maximum absolute atomic E-state index is 12.8. The average Bonchev–Trinajstić information content (AvgIpc) is 3.32. The third-order valence-electron chi connectivity index (χ3n) is 5.80. The number of furan rings is 1. The second-order valence-electron chi connectivity index (χ2n) is 9.45. The molecule has 10 heteroatoms. The lowest BCUT2D eigenvalue weighted by molar-refractivity contribution is -0.385. The van der Waals surface area contributed by atoms with E-state index in [1.165, 1.54) is 12.3 Å². The van der Waals surface area contributed by atoms with Crippen LogP contribution in [0.4, 0.5) is 5.69 Å². The number of ether oxygens (including phenoxy) is 1. The number of benzene rings is 2. The molecule has 2 N–H and O–H groups in total. The number of hydrazone groups is 1. The molecule has 0 radical (unpaired) electrons. The Labute approximate surface area is 221 Å². The number of nitro benzene ring substituents is 1. The second-order valence-corrected chi connectivity index (χ2v) is 9.45. The molecule has 1 heterocycles. The summed E-state index contributed by atoms with van der Waals surface area (Å²) in [6, 6.07) is 13.0.